The van der Waals surface area contributed by atoms with Crippen LogP contribution in [0.5, 0.6) is 0 Å². The third-order valence-electron chi connectivity index (χ3n) is 2.40. The van der Waals surface area contributed by atoms with Gasteiger partial charge in [-0.25, -0.2) is 8.42 Å². The summed E-state index contributed by atoms with van der Waals surface area (Å²) in [5.74, 6) is 0.672. The smallest absolute Gasteiger partial charge is 0.178 e. The van der Waals surface area contributed by atoms with Crippen molar-refractivity contribution in [3.05, 3.63) is 54.6 Å². The first-order valence-corrected chi connectivity index (χ1v) is 7.79. The number of rotatable bonds is 6. The molecule has 18 heavy (non-hydrogen) atoms. The fourth-order valence-corrected chi connectivity index (χ4v) is 2.68. The van der Waals surface area contributed by atoms with Gasteiger partial charge in [0, 0.05) is 0 Å². The molecule has 0 heterocycles. The van der Waals surface area contributed by atoms with Crippen LogP contribution in [0.3, 0.4) is 0 Å². The summed E-state index contributed by atoms with van der Waals surface area (Å²) in [4.78, 5) is 0.399. The van der Waals surface area contributed by atoms with E-state index in [1.54, 1.807) is 24.3 Å². The van der Waals surface area contributed by atoms with Crippen LogP contribution < -0.4 is 0 Å². The van der Waals surface area contributed by atoms with Crippen molar-refractivity contribution in [2.75, 3.05) is 5.75 Å². The van der Waals surface area contributed by atoms with Gasteiger partial charge < -0.3 is 0 Å². The minimum Gasteiger partial charge on any atom is -0.224 e. The second kappa shape index (κ2) is 7.17. The first kappa shape index (κ1) is 14.7. The van der Waals surface area contributed by atoms with Crippen molar-refractivity contribution in [1.82, 2.24) is 0 Å². The van der Waals surface area contributed by atoms with Gasteiger partial charge in [-0.3, -0.25) is 0 Å². The highest BCUT2D eigenvalue weighted by atomic mass is 32.2. The molecule has 1 aromatic rings. The molecule has 0 fully saturated rings. The maximum atomic E-state index is 11.9. The molecule has 0 aliphatic carbocycles. The molecule has 98 valence electrons. The van der Waals surface area contributed by atoms with E-state index >= 15 is 0 Å². The van der Waals surface area contributed by atoms with Crippen LogP contribution in [0.1, 0.15) is 20.3 Å². The highest BCUT2D eigenvalue weighted by molar-refractivity contribution is 7.91. The Morgan fingerprint density at radius 1 is 1.11 bits per heavy atom. The summed E-state index contributed by atoms with van der Waals surface area (Å²) >= 11 is 0. The van der Waals surface area contributed by atoms with E-state index < -0.39 is 9.84 Å². The number of benzene rings is 1. The molecule has 1 aromatic carbocycles. The summed E-state index contributed by atoms with van der Waals surface area (Å²) in [6.07, 6.45) is 8.36. The Kier molecular flexibility index (Phi) is 5.86. The number of sulfone groups is 1. The van der Waals surface area contributed by atoms with Crippen molar-refractivity contribution in [1.29, 1.82) is 0 Å². The fraction of sp³-hybridized carbons (Fsp3) is 0.333. The normalized spacial score (nSPS) is 12.8. The molecule has 0 atom stereocenters. The monoisotopic (exact) mass is 264 g/mol. The van der Waals surface area contributed by atoms with Gasteiger partial charge in [0.05, 0.1) is 10.6 Å². The van der Waals surface area contributed by atoms with E-state index in [2.05, 4.69) is 19.9 Å². The van der Waals surface area contributed by atoms with Crippen molar-refractivity contribution in [2.45, 2.75) is 25.2 Å². The number of allylic oxidation sites excluding steroid dienone is 4. The standard InChI is InChI=1S/C15H20O2S/c1-14(2)10-6-3-4-9-13-18(16,17)15-11-7-5-8-12-15/h3-8,10-12,14H,9,13H2,1-2H3/b4-3+,10-6-. The topological polar surface area (TPSA) is 34.1 Å². The van der Waals surface area contributed by atoms with Crippen molar-refractivity contribution in [3.63, 3.8) is 0 Å². The molecule has 0 amide bonds. The first-order valence-electron chi connectivity index (χ1n) is 6.13. The Morgan fingerprint density at radius 3 is 2.39 bits per heavy atom. The molecule has 3 heteroatoms. The summed E-state index contributed by atoms with van der Waals surface area (Å²) in [6.45, 7) is 4.20. The van der Waals surface area contributed by atoms with Crippen molar-refractivity contribution in [2.24, 2.45) is 5.92 Å². The molecule has 0 aliphatic heterocycles. The number of hydrogen-bond donors (Lipinski definition) is 0. The summed E-state index contributed by atoms with van der Waals surface area (Å²) in [5.41, 5.74) is 0. The lowest BCUT2D eigenvalue weighted by Crippen LogP contribution is -2.05. The third kappa shape index (κ3) is 5.32. The number of hydrogen-bond acceptors (Lipinski definition) is 2. The van der Waals surface area contributed by atoms with Crippen LogP contribution in [0.2, 0.25) is 0 Å². The van der Waals surface area contributed by atoms with E-state index in [0.717, 1.165) is 0 Å². The third-order valence-corrected chi connectivity index (χ3v) is 4.16. The quantitative estimate of drug-likeness (QED) is 0.735. The Hall–Kier alpha value is -1.35. The molecule has 0 bridgehead atoms. The molecule has 0 saturated heterocycles. The summed E-state index contributed by atoms with van der Waals surface area (Å²) in [5, 5.41) is 0. The molecule has 0 aromatic heterocycles. The molecule has 0 N–H and O–H groups in total. The zero-order valence-corrected chi connectivity index (χ0v) is 11.7. The maximum Gasteiger partial charge on any atom is 0.178 e. The lowest BCUT2D eigenvalue weighted by molar-refractivity contribution is 0.596. The molecule has 0 unspecified atom stereocenters. The first-order chi connectivity index (χ1) is 8.52. The van der Waals surface area contributed by atoms with Crippen LogP contribution in [0.25, 0.3) is 0 Å². The minimum atomic E-state index is -3.14. The van der Waals surface area contributed by atoms with Crippen LogP contribution in [-0.4, -0.2) is 14.2 Å². The molecule has 0 saturated carbocycles. The van der Waals surface area contributed by atoms with Crippen LogP contribution in [0.15, 0.2) is 59.5 Å². The van der Waals surface area contributed by atoms with E-state index in [1.807, 2.05) is 24.3 Å². The lowest BCUT2D eigenvalue weighted by atomic mass is 10.2. The van der Waals surface area contributed by atoms with E-state index in [4.69, 9.17) is 0 Å². The van der Waals surface area contributed by atoms with Gasteiger partial charge in [0.2, 0.25) is 0 Å². The van der Waals surface area contributed by atoms with Gasteiger partial charge in [0.1, 0.15) is 0 Å². The van der Waals surface area contributed by atoms with E-state index in [9.17, 15) is 8.42 Å². The second-order valence-electron chi connectivity index (χ2n) is 4.48. The average Bonchev–Trinajstić information content (AvgIpc) is 2.34. The van der Waals surface area contributed by atoms with Gasteiger partial charge in [-0.05, 0) is 24.5 Å². The molecule has 2 nitrogen and oxygen atoms in total. The van der Waals surface area contributed by atoms with Crippen molar-refractivity contribution < 1.29 is 8.42 Å². The fourth-order valence-electron chi connectivity index (χ4n) is 1.43. The van der Waals surface area contributed by atoms with Gasteiger partial charge in [-0.2, -0.15) is 0 Å². The van der Waals surface area contributed by atoms with Crippen LogP contribution in [0.4, 0.5) is 0 Å². The van der Waals surface area contributed by atoms with Crippen LogP contribution >= 0.6 is 0 Å². The molecular formula is C15H20O2S. The van der Waals surface area contributed by atoms with E-state index in [1.165, 1.54) is 0 Å². The molecule has 0 aliphatic rings. The Bertz CT molecular complexity index is 497. The second-order valence-corrected chi connectivity index (χ2v) is 6.59. The van der Waals surface area contributed by atoms with Gasteiger partial charge in [0.15, 0.2) is 9.84 Å². The predicted octanol–water partition coefficient (Wildman–Crippen LogP) is 3.62. The Balaban J connectivity index is 2.49. The zero-order valence-electron chi connectivity index (χ0n) is 10.9. The van der Waals surface area contributed by atoms with Gasteiger partial charge >= 0.3 is 0 Å². The average molecular weight is 264 g/mol. The molecule has 1 rings (SSSR count). The van der Waals surface area contributed by atoms with E-state index in [-0.39, 0.29) is 5.75 Å². The van der Waals surface area contributed by atoms with E-state index in [0.29, 0.717) is 17.2 Å². The Labute approximate surface area is 110 Å². The highest BCUT2D eigenvalue weighted by Gasteiger charge is 2.11. The minimum absolute atomic E-state index is 0.156. The van der Waals surface area contributed by atoms with Gasteiger partial charge in [-0.1, -0.05) is 56.4 Å². The van der Waals surface area contributed by atoms with Gasteiger partial charge in [-0.15, -0.1) is 0 Å². The molecular weight excluding hydrogens is 244 g/mol. The zero-order chi connectivity index (χ0) is 13.4. The molecule has 0 spiro atoms. The van der Waals surface area contributed by atoms with Crippen LogP contribution in [-0.2, 0) is 9.84 Å². The highest BCUT2D eigenvalue weighted by Crippen LogP contribution is 2.11. The van der Waals surface area contributed by atoms with Gasteiger partial charge in [0.25, 0.3) is 0 Å². The summed E-state index contributed by atoms with van der Waals surface area (Å²) < 4.78 is 23.8. The SMILES string of the molecule is CC(C)/C=C\C=C\CCS(=O)(=O)c1ccccc1. The van der Waals surface area contributed by atoms with Crippen molar-refractivity contribution in [3.8, 4) is 0 Å². The predicted molar refractivity (Wildman–Crippen MR) is 76.2 cm³/mol. The van der Waals surface area contributed by atoms with Crippen molar-refractivity contribution >= 4 is 9.84 Å². The largest absolute Gasteiger partial charge is 0.224 e. The summed E-state index contributed by atoms with van der Waals surface area (Å²) in [7, 11) is -3.14. The lowest BCUT2D eigenvalue weighted by Gasteiger charge is -2.01. The summed E-state index contributed by atoms with van der Waals surface area (Å²) in [6, 6.07) is 8.58. The molecule has 0 radical (unpaired) electrons. The van der Waals surface area contributed by atoms with Crippen LogP contribution in [0, 0.1) is 5.92 Å². The maximum absolute atomic E-state index is 11.9. The Morgan fingerprint density at radius 2 is 1.78 bits per heavy atom.